The van der Waals surface area contributed by atoms with E-state index in [9.17, 15) is 9.59 Å². The van der Waals surface area contributed by atoms with E-state index in [2.05, 4.69) is 16.0 Å². The van der Waals surface area contributed by atoms with Crippen molar-refractivity contribution >= 4 is 63.7 Å². The first-order valence-electron chi connectivity index (χ1n) is 9.43. The monoisotopic (exact) mass is 511 g/mol. The number of rotatable bonds is 5. The molecule has 1 amide bonds. The van der Waals surface area contributed by atoms with E-state index >= 15 is 0 Å². The van der Waals surface area contributed by atoms with Gasteiger partial charge in [0.25, 0.3) is 11.5 Å². The van der Waals surface area contributed by atoms with Gasteiger partial charge in [0, 0.05) is 12.6 Å². The lowest BCUT2D eigenvalue weighted by Crippen LogP contribution is -2.56. The highest BCUT2D eigenvalue weighted by Gasteiger charge is 2.35. The number of nitrogens with one attached hydrogen (secondary N) is 3. The summed E-state index contributed by atoms with van der Waals surface area (Å²) in [5, 5.41) is 8.23. The lowest BCUT2D eigenvalue weighted by molar-refractivity contribution is 0.0934. The number of aromatic nitrogens is 2. The molecule has 0 saturated carbocycles. The Hall–Kier alpha value is -2.52. The van der Waals surface area contributed by atoms with E-state index in [4.69, 9.17) is 47.0 Å². The van der Waals surface area contributed by atoms with E-state index in [-0.39, 0.29) is 16.4 Å². The predicted molar refractivity (Wildman–Crippen MR) is 133 cm³/mol. The van der Waals surface area contributed by atoms with Crippen LogP contribution in [0.25, 0.3) is 5.69 Å². The van der Waals surface area contributed by atoms with E-state index in [0.717, 1.165) is 0 Å². The summed E-state index contributed by atoms with van der Waals surface area (Å²) >= 11 is 23.5. The summed E-state index contributed by atoms with van der Waals surface area (Å²) in [7, 11) is 1.76. The van der Waals surface area contributed by atoms with Gasteiger partial charge >= 0.3 is 0 Å². The van der Waals surface area contributed by atoms with Crippen molar-refractivity contribution in [1.29, 1.82) is 0 Å². The number of nitrogens with zero attached hydrogens (tertiary/aromatic N) is 2. The molecule has 3 N–H and O–H groups in total. The van der Waals surface area contributed by atoms with Gasteiger partial charge in [0.15, 0.2) is 5.11 Å². The lowest BCUT2D eigenvalue weighted by Gasteiger charge is -2.27. The molecule has 1 heterocycles. The largest absolute Gasteiger partial charge is 0.339 e. The second kappa shape index (κ2) is 9.95. The highest BCUT2D eigenvalue weighted by atomic mass is 35.6. The van der Waals surface area contributed by atoms with Gasteiger partial charge in [-0.2, -0.15) is 0 Å². The Kier molecular flexibility index (Phi) is 7.51. The Balaban J connectivity index is 1.80. The van der Waals surface area contributed by atoms with Crippen molar-refractivity contribution in [3.05, 3.63) is 82.3 Å². The minimum absolute atomic E-state index is 0.000647. The van der Waals surface area contributed by atoms with Crippen LogP contribution in [0, 0.1) is 6.92 Å². The molecule has 0 spiro atoms. The normalized spacial score (nSPS) is 12.2. The zero-order chi connectivity index (χ0) is 23.5. The molecule has 1 unspecified atom stereocenters. The van der Waals surface area contributed by atoms with E-state index in [1.807, 2.05) is 30.3 Å². The van der Waals surface area contributed by atoms with Crippen LogP contribution in [0.3, 0.4) is 0 Å². The molecule has 0 fully saturated rings. The molecule has 0 bridgehead atoms. The summed E-state index contributed by atoms with van der Waals surface area (Å²) in [6, 6.07) is 17.6. The van der Waals surface area contributed by atoms with Crippen LogP contribution in [0.4, 0.5) is 5.69 Å². The SMILES string of the molecule is Cc1c(NC(=S)NC(NC(=O)c2ccccc2)C(Cl)(Cl)Cl)c(=O)n(-c2ccccc2)n1C. The van der Waals surface area contributed by atoms with E-state index < -0.39 is 15.9 Å². The molecular weight excluding hydrogens is 493 g/mol. The molecule has 0 aliphatic heterocycles. The van der Waals surface area contributed by atoms with Crippen molar-refractivity contribution in [1.82, 2.24) is 20.0 Å². The Morgan fingerprint density at radius 3 is 2.12 bits per heavy atom. The number of benzene rings is 2. The molecule has 0 aliphatic rings. The first-order valence-corrected chi connectivity index (χ1v) is 11.0. The number of anilines is 1. The minimum atomic E-state index is -1.92. The second-order valence-electron chi connectivity index (χ2n) is 6.85. The Morgan fingerprint density at radius 2 is 1.56 bits per heavy atom. The van der Waals surface area contributed by atoms with E-state index in [1.54, 1.807) is 49.0 Å². The molecule has 3 rings (SSSR count). The van der Waals surface area contributed by atoms with Gasteiger partial charge in [-0.1, -0.05) is 71.2 Å². The van der Waals surface area contributed by atoms with Crippen LogP contribution in [0.1, 0.15) is 16.1 Å². The molecule has 0 aliphatic carbocycles. The van der Waals surface area contributed by atoms with E-state index in [0.29, 0.717) is 16.9 Å². The Bertz CT molecular complexity index is 1170. The summed E-state index contributed by atoms with van der Waals surface area (Å²) in [4.78, 5) is 25.5. The van der Waals surface area contributed by atoms with Gasteiger partial charge in [-0.25, -0.2) is 4.68 Å². The molecule has 11 heteroatoms. The fraction of sp³-hybridized carbons (Fsp3) is 0.190. The lowest BCUT2D eigenvalue weighted by atomic mass is 10.2. The van der Waals surface area contributed by atoms with Crippen LogP contribution >= 0.6 is 47.0 Å². The summed E-state index contributed by atoms with van der Waals surface area (Å²) in [5.41, 5.74) is 1.67. The zero-order valence-corrected chi connectivity index (χ0v) is 20.2. The summed E-state index contributed by atoms with van der Waals surface area (Å²) < 4.78 is 1.28. The number of carbonyl (C=O) groups excluding carboxylic acids is 1. The van der Waals surface area contributed by atoms with Gasteiger partial charge in [0.05, 0.1) is 11.4 Å². The molecule has 168 valence electrons. The standard InChI is InChI=1S/C21H20Cl3N5O2S/c1-13-16(18(31)29(28(13)2)15-11-7-4-8-12-15)25-20(32)27-19(21(22,23)24)26-17(30)14-9-5-3-6-10-14/h3-12,19H,1-2H3,(H,26,30)(H2,25,27,32). The highest BCUT2D eigenvalue weighted by Crippen LogP contribution is 2.29. The van der Waals surface area contributed by atoms with Crippen LogP contribution < -0.4 is 21.5 Å². The van der Waals surface area contributed by atoms with Crippen molar-refractivity contribution in [2.75, 3.05) is 5.32 Å². The third-order valence-electron chi connectivity index (χ3n) is 4.71. The topological polar surface area (TPSA) is 80.1 Å². The van der Waals surface area contributed by atoms with Crippen LogP contribution in [-0.2, 0) is 7.05 Å². The first-order chi connectivity index (χ1) is 15.1. The molecule has 0 saturated heterocycles. The molecule has 32 heavy (non-hydrogen) atoms. The zero-order valence-electron chi connectivity index (χ0n) is 17.1. The highest BCUT2D eigenvalue weighted by molar-refractivity contribution is 7.80. The number of halogens is 3. The molecule has 2 aromatic carbocycles. The van der Waals surface area contributed by atoms with Gasteiger partial charge in [0.2, 0.25) is 3.79 Å². The average molecular weight is 513 g/mol. The van der Waals surface area contributed by atoms with Crippen molar-refractivity contribution in [3.63, 3.8) is 0 Å². The smallest absolute Gasteiger partial charge is 0.295 e. The van der Waals surface area contributed by atoms with Gasteiger partial charge in [-0.05, 0) is 43.4 Å². The number of alkyl halides is 3. The Labute approximate surface area is 205 Å². The summed E-state index contributed by atoms with van der Waals surface area (Å²) in [5.74, 6) is -0.459. The number of amides is 1. The summed E-state index contributed by atoms with van der Waals surface area (Å²) in [6.45, 7) is 1.77. The van der Waals surface area contributed by atoms with Gasteiger partial charge < -0.3 is 16.0 Å². The van der Waals surface area contributed by atoms with Crippen molar-refractivity contribution in [3.8, 4) is 5.69 Å². The quantitative estimate of drug-likeness (QED) is 0.274. The number of hydrogen-bond acceptors (Lipinski definition) is 3. The van der Waals surface area contributed by atoms with Crippen LogP contribution in [0.5, 0.6) is 0 Å². The maximum absolute atomic E-state index is 13.0. The first kappa shape index (κ1) is 24.1. The number of hydrogen-bond donors (Lipinski definition) is 3. The maximum atomic E-state index is 13.0. The average Bonchev–Trinajstić information content (AvgIpc) is 2.97. The van der Waals surface area contributed by atoms with Crippen LogP contribution in [0.15, 0.2) is 65.5 Å². The van der Waals surface area contributed by atoms with Gasteiger partial charge in [0.1, 0.15) is 11.9 Å². The van der Waals surface area contributed by atoms with Crippen LogP contribution in [-0.4, -0.2) is 30.3 Å². The van der Waals surface area contributed by atoms with Crippen LogP contribution in [0.2, 0.25) is 0 Å². The van der Waals surface area contributed by atoms with Gasteiger partial charge in [-0.15, -0.1) is 0 Å². The van der Waals surface area contributed by atoms with Crippen molar-refractivity contribution < 1.29 is 4.79 Å². The summed E-state index contributed by atoms with van der Waals surface area (Å²) in [6.07, 6.45) is -1.17. The molecule has 1 aromatic heterocycles. The molecule has 3 aromatic rings. The maximum Gasteiger partial charge on any atom is 0.295 e. The molecular formula is C21H20Cl3N5O2S. The molecule has 0 radical (unpaired) electrons. The third-order valence-corrected chi connectivity index (χ3v) is 5.58. The van der Waals surface area contributed by atoms with Gasteiger partial charge in [-0.3, -0.25) is 14.3 Å². The van der Waals surface area contributed by atoms with E-state index in [1.165, 1.54) is 4.68 Å². The Morgan fingerprint density at radius 1 is 1.00 bits per heavy atom. The molecule has 1 atom stereocenters. The number of thiocarbonyl (C=S) groups is 1. The second-order valence-corrected chi connectivity index (χ2v) is 9.63. The number of carbonyl (C=O) groups is 1. The minimum Gasteiger partial charge on any atom is -0.339 e. The van der Waals surface area contributed by atoms with Crippen molar-refractivity contribution in [2.24, 2.45) is 7.05 Å². The fourth-order valence-corrected chi connectivity index (χ4v) is 3.54. The van der Waals surface area contributed by atoms with Crippen molar-refractivity contribution in [2.45, 2.75) is 16.9 Å². The number of para-hydroxylation sites is 1. The fourth-order valence-electron chi connectivity index (χ4n) is 3.00. The third kappa shape index (κ3) is 5.45. The predicted octanol–water partition coefficient (Wildman–Crippen LogP) is 3.90. The molecule has 7 nitrogen and oxygen atoms in total.